The summed E-state index contributed by atoms with van der Waals surface area (Å²) in [6.07, 6.45) is 4.21. The van der Waals surface area contributed by atoms with E-state index in [0.717, 1.165) is 12.0 Å². The quantitative estimate of drug-likeness (QED) is 0.591. The summed E-state index contributed by atoms with van der Waals surface area (Å²) in [6, 6.07) is 0.889. The number of rotatable bonds is 3. The van der Waals surface area contributed by atoms with Gasteiger partial charge >= 0.3 is 0 Å². The van der Waals surface area contributed by atoms with Crippen LogP contribution < -0.4 is 10.6 Å². The van der Waals surface area contributed by atoms with E-state index in [1.165, 1.54) is 38.9 Å². The molecule has 0 spiro atoms. The van der Waals surface area contributed by atoms with Gasteiger partial charge in [0.05, 0.1) is 0 Å². The Morgan fingerprint density at radius 2 is 2.20 bits per heavy atom. The van der Waals surface area contributed by atoms with Crippen LogP contribution in [0.3, 0.4) is 0 Å². The molecular weight excluding hydrogens is 124 g/mol. The molecular formula is C8H16N2. The highest BCUT2D eigenvalue weighted by molar-refractivity contribution is 4.83. The summed E-state index contributed by atoms with van der Waals surface area (Å²) in [5, 5.41) is 6.93. The van der Waals surface area contributed by atoms with E-state index in [0.29, 0.717) is 0 Å². The Hall–Kier alpha value is -0.0800. The lowest BCUT2D eigenvalue weighted by molar-refractivity contribution is 0.511. The third-order valence-corrected chi connectivity index (χ3v) is 2.43. The second-order valence-electron chi connectivity index (χ2n) is 3.54. The van der Waals surface area contributed by atoms with Crippen LogP contribution in [0, 0.1) is 5.92 Å². The molecule has 1 aliphatic carbocycles. The summed E-state index contributed by atoms with van der Waals surface area (Å²) >= 11 is 0. The second kappa shape index (κ2) is 2.89. The van der Waals surface area contributed by atoms with E-state index in [-0.39, 0.29) is 0 Å². The molecule has 1 aliphatic heterocycles. The fourth-order valence-corrected chi connectivity index (χ4v) is 1.51. The Morgan fingerprint density at radius 1 is 1.30 bits per heavy atom. The molecule has 0 aromatic heterocycles. The minimum Gasteiger partial charge on any atom is -0.316 e. The van der Waals surface area contributed by atoms with Gasteiger partial charge in [0.2, 0.25) is 0 Å². The van der Waals surface area contributed by atoms with Gasteiger partial charge in [-0.05, 0) is 44.8 Å². The number of hydrogen-bond donors (Lipinski definition) is 2. The van der Waals surface area contributed by atoms with Crippen molar-refractivity contribution < 1.29 is 0 Å². The van der Waals surface area contributed by atoms with Gasteiger partial charge in [0, 0.05) is 6.04 Å². The first kappa shape index (κ1) is 6.62. The van der Waals surface area contributed by atoms with Crippen LogP contribution in [0.1, 0.15) is 19.3 Å². The minimum absolute atomic E-state index is 0.889. The fraction of sp³-hybridized carbons (Fsp3) is 1.00. The zero-order valence-electron chi connectivity index (χ0n) is 6.40. The average Bonchev–Trinajstić information content (AvgIpc) is 2.63. The van der Waals surface area contributed by atoms with Gasteiger partial charge in [0.25, 0.3) is 0 Å². The molecule has 1 heterocycles. The minimum atomic E-state index is 0.889. The van der Waals surface area contributed by atoms with Crippen molar-refractivity contribution in [2.75, 3.05) is 19.6 Å². The average molecular weight is 140 g/mol. The summed E-state index contributed by atoms with van der Waals surface area (Å²) in [5.41, 5.74) is 0. The molecule has 1 saturated heterocycles. The Balaban J connectivity index is 1.59. The van der Waals surface area contributed by atoms with Gasteiger partial charge in [-0.1, -0.05) is 0 Å². The first-order valence-electron chi connectivity index (χ1n) is 4.39. The smallest absolute Gasteiger partial charge is 0.00683 e. The molecule has 1 saturated carbocycles. The predicted octanol–water partition coefficient (Wildman–Crippen LogP) is 0.348. The molecule has 2 aliphatic rings. The Morgan fingerprint density at radius 3 is 2.80 bits per heavy atom. The summed E-state index contributed by atoms with van der Waals surface area (Å²) in [4.78, 5) is 0. The van der Waals surface area contributed by atoms with E-state index >= 15 is 0 Å². The molecule has 58 valence electrons. The molecule has 2 N–H and O–H groups in total. The highest BCUT2D eigenvalue weighted by atomic mass is 15.0. The van der Waals surface area contributed by atoms with Crippen molar-refractivity contribution in [3.05, 3.63) is 0 Å². The fourth-order valence-electron chi connectivity index (χ4n) is 1.51. The maximum Gasteiger partial charge on any atom is 0.00683 e. The van der Waals surface area contributed by atoms with Crippen LogP contribution in [0.4, 0.5) is 0 Å². The lowest BCUT2D eigenvalue weighted by Crippen LogP contribution is -2.25. The maximum atomic E-state index is 3.56. The second-order valence-corrected chi connectivity index (χ2v) is 3.54. The summed E-state index contributed by atoms with van der Waals surface area (Å²) in [7, 11) is 0. The summed E-state index contributed by atoms with van der Waals surface area (Å²) in [6.45, 7) is 3.72. The first-order chi connectivity index (χ1) is 4.95. The van der Waals surface area contributed by atoms with E-state index in [1.807, 2.05) is 0 Å². The van der Waals surface area contributed by atoms with Gasteiger partial charge in [-0.25, -0.2) is 0 Å². The molecule has 0 radical (unpaired) electrons. The Kier molecular flexibility index (Phi) is 1.91. The van der Waals surface area contributed by atoms with E-state index in [2.05, 4.69) is 10.6 Å². The highest BCUT2D eigenvalue weighted by Gasteiger charge is 2.22. The standard InChI is InChI=1S/C8H16N2/c1-2-8(1)10-6-7-3-4-9-5-7/h7-10H,1-6H2. The lowest BCUT2D eigenvalue weighted by Gasteiger charge is -2.07. The van der Waals surface area contributed by atoms with E-state index in [1.54, 1.807) is 0 Å². The van der Waals surface area contributed by atoms with Gasteiger partial charge in [0.15, 0.2) is 0 Å². The van der Waals surface area contributed by atoms with E-state index in [9.17, 15) is 0 Å². The highest BCUT2D eigenvalue weighted by Crippen LogP contribution is 2.19. The van der Waals surface area contributed by atoms with Crippen molar-refractivity contribution >= 4 is 0 Å². The number of nitrogens with one attached hydrogen (secondary N) is 2. The summed E-state index contributed by atoms with van der Waals surface area (Å²) in [5.74, 6) is 0.917. The third-order valence-electron chi connectivity index (χ3n) is 2.43. The van der Waals surface area contributed by atoms with Crippen LogP contribution in [-0.2, 0) is 0 Å². The van der Waals surface area contributed by atoms with Gasteiger partial charge in [-0.15, -0.1) is 0 Å². The molecule has 0 bridgehead atoms. The van der Waals surface area contributed by atoms with Crippen molar-refractivity contribution in [1.82, 2.24) is 10.6 Å². The zero-order valence-corrected chi connectivity index (χ0v) is 6.40. The van der Waals surface area contributed by atoms with Crippen molar-refractivity contribution in [2.24, 2.45) is 5.92 Å². The molecule has 0 aromatic carbocycles. The molecule has 2 fully saturated rings. The third kappa shape index (κ3) is 1.70. The molecule has 1 unspecified atom stereocenters. The Labute approximate surface area is 62.4 Å². The molecule has 2 rings (SSSR count). The van der Waals surface area contributed by atoms with Gasteiger partial charge in [-0.3, -0.25) is 0 Å². The molecule has 10 heavy (non-hydrogen) atoms. The van der Waals surface area contributed by atoms with Crippen molar-refractivity contribution in [3.63, 3.8) is 0 Å². The normalized spacial score (nSPS) is 33.0. The predicted molar refractivity (Wildman–Crippen MR) is 42.0 cm³/mol. The van der Waals surface area contributed by atoms with Gasteiger partial charge in [-0.2, -0.15) is 0 Å². The molecule has 1 atom stereocenters. The first-order valence-corrected chi connectivity index (χ1v) is 4.39. The van der Waals surface area contributed by atoms with Crippen LogP contribution in [0.25, 0.3) is 0 Å². The van der Waals surface area contributed by atoms with E-state index in [4.69, 9.17) is 0 Å². The van der Waals surface area contributed by atoms with Crippen LogP contribution in [-0.4, -0.2) is 25.7 Å². The molecule has 0 amide bonds. The molecule has 0 aromatic rings. The summed E-state index contributed by atoms with van der Waals surface area (Å²) < 4.78 is 0. The van der Waals surface area contributed by atoms with Crippen LogP contribution >= 0.6 is 0 Å². The Bertz CT molecular complexity index is 104. The van der Waals surface area contributed by atoms with Gasteiger partial charge < -0.3 is 10.6 Å². The van der Waals surface area contributed by atoms with Crippen LogP contribution in [0.5, 0.6) is 0 Å². The zero-order chi connectivity index (χ0) is 6.81. The van der Waals surface area contributed by atoms with Crippen molar-refractivity contribution in [3.8, 4) is 0 Å². The van der Waals surface area contributed by atoms with E-state index < -0.39 is 0 Å². The largest absolute Gasteiger partial charge is 0.316 e. The van der Waals surface area contributed by atoms with Crippen LogP contribution in [0.15, 0.2) is 0 Å². The maximum absolute atomic E-state index is 3.56. The topological polar surface area (TPSA) is 24.1 Å². The lowest BCUT2D eigenvalue weighted by atomic mass is 10.1. The van der Waals surface area contributed by atoms with Crippen molar-refractivity contribution in [2.45, 2.75) is 25.3 Å². The molecule has 2 heteroatoms. The molecule has 2 nitrogen and oxygen atoms in total. The van der Waals surface area contributed by atoms with Crippen molar-refractivity contribution in [1.29, 1.82) is 0 Å². The monoisotopic (exact) mass is 140 g/mol. The number of hydrogen-bond acceptors (Lipinski definition) is 2. The SMILES string of the molecule is C1CC(CNC2CC2)CN1. The van der Waals surface area contributed by atoms with Gasteiger partial charge in [0.1, 0.15) is 0 Å². The van der Waals surface area contributed by atoms with Crippen LogP contribution in [0.2, 0.25) is 0 Å².